The standard InChI is InChI=1S/C55H101NO9/c1-4-7-10-13-16-19-22-25-30-35-40-62-48-43-46(55(61)56-39-34-29-28-33-38-47-51(58)53(60)52(59)50(45-57)65-47)44-49(63-41-36-31-26-23-20-17-14-11-8-5-2)54(48)64-42-37-32-27-24-21-18-15-12-9-6-3/h43-44,47,50-53,57-60H,4-42,45H2,1-3H3,(H,56,61)/t47?,50-,51+,52-,53-/m1/s1. The summed E-state index contributed by atoms with van der Waals surface area (Å²) in [5.74, 6) is 1.63. The molecule has 0 saturated carbocycles. The van der Waals surface area contributed by atoms with Crippen molar-refractivity contribution < 1.29 is 44.2 Å². The first kappa shape index (κ1) is 59.0. The summed E-state index contributed by atoms with van der Waals surface area (Å²) in [5.41, 5.74) is 0.509. The number of hydrogen-bond acceptors (Lipinski definition) is 9. The second kappa shape index (κ2) is 40.9. The molecule has 0 aromatic heterocycles. The summed E-state index contributed by atoms with van der Waals surface area (Å²) >= 11 is 0. The van der Waals surface area contributed by atoms with Gasteiger partial charge in [-0.2, -0.15) is 0 Å². The Morgan fingerprint density at radius 1 is 0.477 bits per heavy atom. The van der Waals surface area contributed by atoms with Crippen molar-refractivity contribution in [3.63, 3.8) is 0 Å². The third-order valence-electron chi connectivity index (χ3n) is 13.2. The van der Waals surface area contributed by atoms with Crippen molar-refractivity contribution >= 4 is 5.91 Å². The monoisotopic (exact) mass is 920 g/mol. The Bertz CT molecular complexity index is 1200. The van der Waals surface area contributed by atoms with Gasteiger partial charge in [0.05, 0.1) is 32.5 Å². The number of unbranched alkanes of at least 4 members (excludes halogenated alkanes) is 30. The number of amides is 1. The van der Waals surface area contributed by atoms with Gasteiger partial charge in [0.1, 0.15) is 24.4 Å². The van der Waals surface area contributed by atoms with E-state index < -0.39 is 37.1 Å². The smallest absolute Gasteiger partial charge is 0.251 e. The van der Waals surface area contributed by atoms with Crippen LogP contribution in [0.3, 0.4) is 0 Å². The van der Waals surface area contributed by atoms with Gasteiger partial charge in [-0.25, -0.2) is 0 Å². The van der Waals surface area contributed by atoms with Crippen molar-refractivity contribution in [2.24, 2.45) is 0 Å². The minimum absolute atomic E-state index is 0.167. The van der Waals surface area contributed by atoms with Gasteiger partial charge in [-0.15, -0.1) is 0 Å². The van der Waals surface area contributed by atoms with Crippen LogP contribution >= 0.6 is 0 Å². The second-order valence-electron chi connectivity index (χ2n) is 19.2. The highest BCUT2D eigenvalue weighted by Gasteiger charge is 2.42. The van der Waals surface area contributed by atoms with Gasteiger partial charge < -0.3 is 44.7 Å². The summed E-state index contributed by atoms with van der Waals surface area (Å²) < 4.78 is 25.2. The second-order valence-corrected chi connectivity index (χ2v) is 19.2. The van der Waals surface area contributed by atoms with Crippen molar-refractivity contribution in [3.8, 4) is 17.2 Å². The summed E-state index contributed by atoms with van der Waals surface area (Å²) in [6, 6.07) is 3.68. The Hall–Kier alpha value is -2.11. The van der Waals surface area contributed by atoms with E-state index >= 15 is 0 Å². The van der Waals surface area contributed by atoms with Crippen molar-refractivity contribution in [3.05, 3.63) is 17.7 Å². The first-order valence-electron chi connectivity index (χ1n) is 27.5. The van der Waals surface area contributed by atoms with E-state index in [0.717, 1.165) is 64.2 Å². The summed E-state index contributed by atoms with van der Waals surface area (Å²) in [5, 5.41) is 43.2. The number of benzene rings is 1. The molecule has 5 N–H and O–H groups in total. The third kappa shape index (κ3) is 28.1. The predicted molar refractivity (Wildman–Crippen MR) is 268 cm³/mol. The number of rotatable bonds is 45. The quantitative estimate of drug-likeness (QED) is 0.0403. The minimum atomic E-state index is -1.34. The van der Waals surface area contributed by atoms with Gasteiger partial charge in [0, 0.05) is 12.1 Å². The molecule has 1 unspecified atom stereocenters. The Balaban J connectivity index is 2.02. The highest BCUT2D eigenvalue weighted by Crippen LogP contribution is 2.40. The Kier molecular flexibility index (Phi) is 37.1. The van der Waals surface area contributed by atoms with E-state index in [1.54, 1.807) is 0 Å². The van der Waals surface area contributed by atoms with Crippen LogP contribution in [-0.4, -0.2) is 89.8 Å². The zero-order valence-corrected chi connectivity index (χ0v) is 42.2. The zero-order chi connectivity index (χ0) is 47.0. The lowest BCUT2D eigenvalue weighted by Crippen LogP contribution is -2.58. The number of aliphatic hydroxyl groups excluding tert-OH is 4. The largest absolute Gasteiger partial charge is 0.490 e. The molecule has 1 aromatic rings. The van der Waals surface area contributed by atoms with Gasteiger partial charge in [0.2, 0.25) is 5.75 Å². The predicted octanol–water partition coefficient (Wildman–Crippen LogP) is 13.1. The van der Waals surface area contributed by atoms with Crippen LogP contribution in [-0.2, 0) is 4.74 Å². The molecule has 1 aliphatic heterocycles. The summed E-state index contributed by atoms with van der Waals surface area (Å²) in [6.07, 6.45) is 36.0. The summed E-state index contributed by atoms with van der Waals surface area (Å²) in [4.78, 5) is 13.7. The molecule has 0 bridgehead atoms. The fourth-order valence-electron chi connectivity index (χ4n) is 8.92. The lowest BCUT2D eigenvalue weighted by molar-refractivity contribution is -0.230. The number of carbonyl (C=O) groups is 1. The van der Waals surface area contributed by atoms with E-state index in [2.05, 4.69) is 26.1 Å². The van der Waals surface area contributed by atoms with Gasteiger partial charge in [0.25, 0.3) is 5.91 Å². The van der Waals surface area contributed by atoms with Gasteiger partial charge in [-0.1, -0.05) is 213 Å². The van der Waals surface area contributed by atoms with Crippen LogP contribution in [0.15, 0.2) is 12.1 Å². The van der Waals surface area contributed by atoms with Gasteiger partial charge in [-0.3, -0.25) is 4.79 Å². The summed E-state index contributed by atoms with van der Waals surface area (Å²) in [7, 11) is 0. The number of nitrogens with one attached hydrogen (secondary N) is 1. The number of carbonyl (C=O) groups excluding carboxylic acids is 1. The van der Waals surface area contributed by atoms with Crippen LogP contribution in [0.25, 0.3) is 0 Å². The maximum absolute atomic E-state index is 13.7. The van der Waals surface area contributed by atoms with Crippen molar-refractivity contribution in [2.75, 3.05) is 33.0 Å². The first-order valence-corrected chi connectivity index (χ1v) is 27.5. The zero-order valence-electron chi connectivity index (χ0n) is 42.2. The average Bonchev–Trinajstić information content (AvgIpc) is 3.31. The van der Waals surface area contributed by atoms with E-state index in [-0.39, 0.29) is 5.91 Å². The number of aliphatic hydroxyl groups is 4. The van der Waals surface area contributed by atoms with Crippen molar-refractivity contribution in [2.45, 2.75) is 276 Å². The molecule has 1 amide bonds. The molecule has 65 heavy (non-hydrogen) atoms. The summed E-state index contributed by atoms with van der Waals surface area (Å²) in [6.45, 7) is 8.61. The molecule has 0 radical (unpaired) electrons. The molecule has 5 atom stereocenters. The molecule has 1 aliphatic rings. The van der Waals surface area contributed by atoms with E-state index in [1.165, 1.54) is 154 Å². The average molecular weight is 920 g/mol. The van der Waals surface area contributed by atoms with Crippen LogP contribution in [0.4, 0.5) is 0 Å². The first-order chi connectivity index (χ1) is 31.9. The Morgan fingerprint density at radius 3 is 1.25 bits per heavy atom. The van der Waals surface area contributed by atoms with Crippen LogP contribution < -0.4 is 19.5 Å². The molecule has 10 heteroatoms. The van der Waals surface area contributed by atoms with Gasteiger partial charge in [0.15, 0.2) is 11.5 Å². The minimum Gasteiger partial charge on any atom is -0.490 e. The molecule has 0 aliphatic carbocycles. The number of hydrogen-bond donors (Lipinski definition) is 5. The van der Waals surface area contributed by atoms with Crippen LogP contribution in [0, 0.1) is 0 Å². The molecular weight excluding hydrogens is 819 g/mol. The maximum atomic E-state index is 13.7. The van der Waals surface area contributed by atoms with E-state index in [0.29, 0.717) is 55.6 Å². The highest BCUT2D eigenvalue weighted by atomic mass is 16.5. The molecule has 10 nitrogen and oxygen atoms in total. The fourth-order valence-corrected chi connectivity index (χ4v) is 8.92. The molecule has 1 saturated heterocycles. The molecule has 2 rings (SSSR count). The molecular formula is C55H101NO9. The SMILES string of the molecule is CCCCCCCCCCCCOc1cc(C(=O)NCCCCCCC2O[C@H](CO)[C@@H](O)[C@H](O)[C@H]2O)cc(OCCCCCCCCCCCC)c1OCCCCCCCCCCCC. The van der Waals surface area contributed by atoms with Crippen molar-refractivity contribution in [1.29, 1.82) is 0 Å². The van der Waals surface area contributed by atoms with E-state index in [9.17, 15) is 25.2 Å². The number of ether oxygens (including phenoxy) is 4. The highest BCUT2D eigenvalue weighted by molar-refractivity contribution is 5.95. The topological polar surface area (TPSA) is 147 Å². The maximum Gasteiger partial charge on any atom is 0.251 e. The molecule has 1 fully saturated rings. The molecule has 1 heterocycles. The Labute approximate surface area is 398 Å². The Morgan fingerprint density at radius 2 is 0.831 bits per heavy atom. The van der Waals surface area contributed by atoms with Crippen LogP contribution in [0.1, 0.15) is 256 Å². The van der Waals surface area contributed by atoms with Crippen LogP contribution in [0.2, 0.25) is 0 Å². The van der Waals surface area contributed by atoms with Gasteiger partial charge in [-0.05, 0) is 44.2 Å². The third-order valence-corrected chi connectivity index (χ3v) is 13.2. The lowest BCUT2D eigenvalue weighted by atomic mass is 9.92. The van der Waals surface area contributed by atoms with Gasteiger partial charge >= 0.3 is 0 Å². The van der Waals surface area contributed by atoms with Crippen molar-refractivity contribution in [1.82, 2.24) is 5.32 Å². The molecule has 380 valence electrons. The van der Waals surface area contributed by atoms with E-state index in [4.69, 9.17) is 18.9 Å². The molecule has 0 spiro atoms. The normalized spacial score (nSPS) is 18.5. The molecule has 1 aromatic carbocycles. The van der Waals surface area contributed by atoms with E-state index in [1.807, 2.05) is 12.1 Å². The lowest BCUT2D eigenvalue weighted by Gasteiger charge is -2.40. The fraction of sp³-hybridized carbons (Fsp3) is 0.873. The van der Waals surface area contributed by atoms with Crippen LogP contribution in [0.5, 0.6) is 17.2 Å².